The molecule has 2 amide bonds. The predicted molar refractivity (Wildman–Crippen MR) is 67.8 cm³/mol. The highest BCUT2D eigenvalue weighted by Gasteiger charge is 2.41. The molecule has 2 N–H and O–H groups in total. The first-order chi connectivity index (χ1) is 8.76. The molecule has 0 spiro atoms. The van der Waals surface area contributed by atoms with E-state index in [0.717, 1.165) is 6.08 Å². The van der Waals surface area contributed by atoms with E-state index in [4.69, 9.17) is 0 Å². The maximum atomic E-state index is 13.0. The quantitative estimate of drug-likeness (QED) is 0.751. The minimum absolute atomic E-state index is 0.131. The molecule has 0 unspecified atom stereocenters. The summed E-state index contributed by atoms with van der Waals surface area (Å²) in [5, 5.41) is 5.26. The highest BCUT2D eigenvalue weighted by Crippen LogP contribution is 2.38. The molecule has 6 heteroatoms. The fraction of sp³-hybridized carbons (Fsp3) is 0.692. The van der Waals surface area contributed by atoms with Crippen molar-refractivity contribution in [2.24, 2.45) is 0 Å². The lowest BCUT2D eigenvalue weighted by Gasteiger charge is -2.38. The maximum absolute atomic E-state index is 13.0. The van der Waals surface area contributed by atoms with E-state index in [1.165, 1.54) is 0 Å². The summed E-state index contributed by atoms with van der Waals surface area (Å²) in [5.41, 5.74) is -0.568. The van der Waals surface area contributed by atoms with E-state index in [1.54, 1.807) is 6.92 Å². The van der Waals surface area contributed by atoms with Gasteiger partial charge in [0.05, 0.1) is 0 Å². The Kier molecular flexibility index (Phi) is 5.03. The van der Waals surface area contributed by atoms with Gasteiger partial charge in [0.2, 0.25) is 17.7 Å². The highest BCUT2D eigenvalue weighted by molar-refractivity contribution is 5.87. The number of carbonyl (C=O) groups is 2. The predicted octanol–water partition coefficient (Wildman–Crippen LogP) is 1.76. The lowest BCUT2D eigenvalue weighted by Crippen LogP contribution is -2.50. The van der Waals surface area contributed by atoms with Crippen LogP contribution in [0.1, 0.15) is 39.0 Å². The van der Waals surface area contributed by atoms with Crippen molar-refractivity contribution in [2.75, 3.05) is 6.54 Å². The molecule has 108 valence electrons. The molecule has 1 aliphatic carbocycles. The van der Waals surface area contributed by atoms with E-state index in [0.29, 0.717) is 0 Å². The van der Waals surface area contributed by atoms with Crippen molar-refractivity contribution < 1.29 is 18.4 Å². The molecule has 1 aliphatic rings. The number of amides is 2. The lowest BCUT2D eigenvalue weighted by molar-refractivity contribution is -0.125. The van der Waals surface area contributed by atoms with Crippen LogP contribution in [0.3, 0.4) is 0 Å². The first-order valence-corrected chi connectivity index (χ1v) is 6.35. The van der Waals surface area contributed by atoms with Gasteiger partial charge in [0.25, 0.3) is 0 Å². The third-order valence-electron chi connectivity index (χ3n) is 3.36. The molecule has 1 fully saturated rings. The van der Waals surface area contributed by atoms with Gasteiger partial charge in [-0.2, -0.15) is 0 Å². The minimum atomic E-state index is -2.61. The van der Waals surface area contributed by atoms with E-state index in [9.17, 15) is 18.4 Å². The van der Waals surface area contributed by atoms with E-state index >= 15 is 0 Å². The van der Waals surface area contributed by atoms with Gasteiger partial charge in [-0.15, -0.1) is 0 Å². The molecule has 4 nitrogen and oxygen atoms in total. The summed E-state index contributed by atoms with van der Waals surface area (Å²) in [4.78, 5) is 22.5. The smallest absolute Gasteiger partial charge is 0.248 e. The molecule has 1 saturated carbocycles. The molecular formula is C13H20F2N2O2. The molecule has 0 radical (unpaired) electrons. The highest BCUT2D eigenvalue weighted by atomic mass is 19.3. The molecule has 0 saturated heterocycles. The Labute approximate surface area is 111 Å². The summed E-state index contributed by atoms with van der Waals surface area (Å²) in [6, 6.07) is 0. The summed E-state index contributed by atoms with van der Waals surface area (Å²) < 4.78 is 26.1. The van der Waals surface area contributed by atoms with Gasteiger partial charge in [0.1, 0.15) is 0 Å². The summed E-state index contributed by atoms with van der Waals surface area (Å²) >= 11 is 0. The molecule has 0 bridgehead atoms. The number of alkyl halides is 2. The summed E-state index contributed by atoms with van der Waals surface area (Å²) in [5.74, 6) is -3.18. The molecular weight excluding hydrogens is 254 g/mol. The topological polar surface area (TPSA) is 58.2 Å². The fourth-order valence-corrected chi connectivity index (χ4v) is 2.06. The zero-order chi connectivity index (χ0) is 14.5. The van der Waals surface area contributed by atoms with Crippen LogP contribution in [0.15, 0.2) is 12.7 Å². The number of nitrogens with one attached hydrogen (secondary N) is 2. The Balaban J connectivity index is 2.32. The monoisotopic (exact) mass is 274 g/mol. The minimum Gasteiger partial charge on any atom is -0.352 e. The number of hydrogen-bond acceptors (Lipinski definition) is 2. The van der Waals surface area contributed by atoms with Crippen LogP contribution in [0.2, 0.25) is 0 Å². The van der Waals surface area contributed by atoms with Gasteiger partial charge in [-0.25, -0.2) is 8.78 Å². The Morgan fingerprint density at radius 3 is 2.37 bits per heavy atom. The Morgan fingerprint density at radius 2 is 1.84 bits per heavy atom. The van der Waals surface area contributed by atoms with Gasteiger partial charge >= 0.3 is 0 Å². The fourth-order valence-electron chi connectivity index (χ4n) is 2.06. The van der Waals surface area contributed by atoms with Gasteiger partial charge in [0.15, 0.2) is 0 Å². The third kappa shape index (κ3) is 5.36. The van der Waals surface area contributed by atoms with Gasteiger partial charge in [-0.3, -0.25) is 9.59 Å². The number of rotatable bonds is 5. The molecule has 0 aliphatic heterocycles. The van der Waals surface area contributed by atoms with Crippen molar-refractivity contribution >= 4 is 11.8 Å². The van der Waals surface area contributed by atoms with Crippen molar-refractivity contribution in [1.29, 1.82) is 0 Å². The van der Waals surface area contributed by atoms with Crippen molar-refractivity contribution in [3.05, 3.63) is 12.7 Å². The average molecular weight is 274 g/mol. The second-order valence-corrected chi connectivity index (χ2v) is 5.21. The Morgan fingerprint density at radius 1 is 1.26 bits per heavy atom. The first kappa shape index (κ1) is 15.6. The SMILES string of the molecule is C=CC(=O)NCCC(=O)NC1(C)CCC(F)(F)CC1. The molecule has 0 heterocycles. The first-order valence-electron chi connectivity index (χ1n) is 6.35. The van der Waals surface area contributed by atoms with Crippen LogP contribution >= 0.6 is 0 Å². The molecule has 0 atom stereocenters. The normalized spacial score (nSPS) is 20.4. The van der Waals surface area contributed by atoms with E-state index in [1.807, 2.05) is 0 Å². The second kappa shape index (κ2) is 6.12. The standard InChI is InChI=1S/C13H20F2N2O2/c1-3-10(18)16-9-4-11(19)17-12(2)5-7-13(14,15)8-6-12/h3H,1,4-9H2,2H3,(H,16,18)(H,17,19). The van der Waals surface area contributed by atoms with E-state index in [2.05, 4.69) is 17.2 Å². The van der Waals surface area contributed by atoms with Gasteiger partial charge in [-0.1, -0.05) is 6.58 Å². The molecule has 0 aromatic heterocycles. The largest absolute Gasteiger partial charge is 0.352 e. The third-order valence-corrected chi connectivity index (χ3v) is 3.36. The van der Waals surface area contributed by atoms with E-state index < -0.39 is 11.5 Å². The zero-order valence-corrected chi connectivity index (χ0v) is 11.1. The second-order valence-electron chi connectivity index (χ2n) is 5.21. The van der Waals surface area contributed by atoms with Crippen molar-refractivity contribution in [3.8, 4) is 0 Å². The average Bonchev–Trinajstić information content (AvgIpc) is 2.33. The van der Waals surface area contributed by atoms with Crippen LogP contribution in [-0.4, -0.2) is 29.8 Å². The molecule has 0 aromatic carbocycles. The van der Waals surface area contributed by atoms with Crippen molar-refractivity contribution in [2.45, 2.75) is 50.5 Å². The summed E-state index contributed by atoms with van der Waals surface area (Å²) in [7, 11) is 0. The number of halogens is 2. The van der Waals surface area contributed by atoms with Crippen molar-refractivity contribution in [3.63, 3.8) is 0 Å². The van der Waals surface area contributed by atoms with Crippen LogP contribution in [0.5, 0.6) is 0 Å². The number of carbonyl (C=O) groups excluding carboxylic acids is 2. The maximum Gasteiger partial charge on any atom is 0.248 e. The van der Waals surface area contributed by atoms with Crippen LogP contribution in [-0.2, 0) is 9.59 Å². The zero-order valence-electron chi connectivity index (χ0n) is 11.1. The van der Waals surface area contributed by atoms with Crippen molar-refractivity contribution in [1.82, 2.24) is 10.6 Å². The molecule has 1 rings (SSSR count). The van der Waals surface area contributed by atoms with Crippen LogP contribution in [0, 0.1) is 0 Å². The molecule has 0 aromatic rings. The van der Waals surface area contributed by atoms with Gasteiger partial charge < -0.3 is 10.6 Å². The van der Waals surface area contributed by atoms with Crippen LogP contribution in [0.4, 0.5) is 8.78 Å². The van der Waals surface area contributed by atoms with E-state index in [-0.39, 0.29) is 50.5 Å². The lowest BCUT2D eigenvalue weighted by atomic mass is 9.81. The van der Waals surface area contributed by atoms with Gasteiger partial charge in [0, 0.05) is 31.3 Å². The van der Waals surface area contributed by atoms with Crippen LogP contribution < -0.4 is 10.6 Å². The van der Waals surface area contributed by atoms with Gasteiger partial charge in [-0.05, 0) is 25.8 Å². The molecule has 19 heavy (non-hydrogen) atoms. The number of hydrogen-bond donors (Lipinski definition) is 2. The summed E-state index contributed by atoms with van der Waals surface area (Å²) in [6.45, 7) is 5.28. The summed E-state index contributed by atoms with van der Waals surface area (Å²) in [6.07, 6.45) is 1.40. The van der Waals surface area contributed by atoms with Crippen LogP contribution in [0.25, 0.3) is 0 Å². The Hall–Kier alpha value is -1.46. The Bertz CT molecular complexity index is 360.